The van der Waals surface area contributed by atoms with Crippen LogP contribution in [0, 0.1) is 0 Å². The van der Waals surface area contributed by atoms with Gasteiger partial charge in [-0.05, 0) is 6.92 Å². The Balaban J connectivity index is 1.95. The van der Waals surface area contributed by atoms with Crippen molar-refractivity contribution in [1.29, 1.82) is 0 Å². The van der Waals surface area contributed by atoms with E-state index in [9.17, 15) is 4.79 Å². The Morgan fingerprint density at radius 2 is 2.11 bits per heavy atom. The second-order valence-electron chi connectivity index (χ2n) is 3.89. The first-order chi connectivity index (χ1) is 9.31. The summed E-state index contributed by atoms with van der Waals surface area (Å²) in [6.07, 6.45) is 0. The first-order valence-electron chi connectivity index (χ1n) is 6.12. The summed E-state index contributed by atoms with van der Waals surface area (Å²) in [5, 5.41) is 13.8. The number of ether oxygens (including phenoxy) is 1. The van der Waals surface area contributed by atoms with Gasteiger partial charge in [0.15, 0.2) is 0 Å². The molecule has 6 heteroatoms. The molecule has 100 valence electrons. The molecule has 0 saturated heterocycles. The highest BCUT2D eigenvalue weighted by molar-refractivity contribution is 5.71. The van der Waals surface area contributed by atoms with Crippen molar-refractivity contribution in [3.05, 3.63) is 36.0 Å². The summed E-state index contributed by atoms with van der Waals surface area (Å²) in [6, 6.07) is 9.77. The molecule has 2 N–H and O–H groups in total. The van der Waals surface area contributed by atoms with Crippen molar-refractivity contribution in [2.24, 2.45) is 0 Å². The van der Waals surface area contributed by atoms with Crippen LogP contribution in [0.5, 0.6) is 0 Å². The van der Waals surface area contributed by atoms with Gasteiger partial charge >= 0.3 is 5.97 Å². The van der Waals surface area contributed by atoms with Crippen LogP contribution in [-0.2, 0) is 16.1 Å². The Kier molecular flexibility index (Phi) is 4.63. The number of hydrogen-bond acceptors (Lipinski definition) is 5. The molecule has 2 rings (SSSR count). The lowest BCUT2D eigenvalue weighted by Gasteiger charge is -2.04. The molecule has 6 nitrogen and oxygen atoms in total. The normalized spacial score (nSPS) is 10.4. The molecule has 0 atom stereocenters. The largest absolute Gasteiger partial charge is 0.465 e. The quantitative estimate of drug-likeness (QED) is 0.761. The van der Waals surface area contributed by atoms with Gasteiger partial charge in [0.2, 0.25) is 0 Å². The minimum absolute atomic E-state index is 0.162. The van der Waals surface area contributed by atoms with Crippen molar-refractivity contribution in [1.82, 2.24) is 20.7 Å². The second kappa shape index (κ2) is 6.65. The Morgan fingerprint density at radius 3 is 2.84 bits per heavy atom. The van der Waals surface area contributed by atoms with Crippen LogP contribution in [0.25, 0.3) is 11.3 Å². The van der Waals surface area contributed by atoms with Crippen molar-refractivity contribution < 1.29 is 9.53 Å². The van der Waals surface area contributed by atoms with Gasteiger partial charge in [0.25, 0.3) is 0 Å². The summed E-state index contributed by atoms with van der Waals surface area (Å²) in [6.45, 7) is 2.79. The number of carbonyl (C=O) groups excluding carboxylic acids is 1. The fraction of sp³-hybridized carbons (Fsp3) is 0.308. The first kappa shape index (κ1) is 13.2. The van der Waals surface area contributed by atoms with E-state index < -0.39 is 0 Å². The zero-order valence-electron chi connectivity index (χ0n) is 10.7. The zero-order chi connectivity index (χ0) is 13.5. The summed E-state index contributed by atoms with van der Waals surface area (Å²) >= 11 is 0. The van der Waals surface area contributed by atoms with Gasteiger partial charge in [0.05, 0.1) is 13.2 Å². The maximum Gasteiger partial charge on any atom is 0.319 e. The number of esters is 1. The lowest BCUT2D eigenvalue weighted by atomic mass is 10.1. The van der Waals surface area contributed by atoms with Crippen LogP contribution < -0.4 is 5.32 Å². The van der Waals surface area contributed by atoms with Gasteiger partial charge in [-0.2, -0.15) is 15.4 Å². The SMILES string of the molecule is CCOC(=O)CNCc1n[nH]nc1-c1ccccc1. The molecule has 0 aliphatic heterocycles. The number of nitrogens with zero attached hydrogens (tertiary/aromatic N) is 2. The smallest absolute Gasteiger partial charge is 0.319 e. The average molecular weight is 260 g/mol. The van der Waals surface area contributed by atoms with E-state index in [0.717, 1.165) is 17.0 Å². The molecule has 2 aromatic rings. The van der Waals surface area contributed by atoms with E-state index in [0.29, 0.717) is 13.2 Å². The standard InChI is InChI=1S/C13H16N4O2/c1-2-19-12(18)9-14-8-11-13(16-17-15-11)10-6-4-3-5-7-10/h3-7,14H,2,8-9H2,1H3,(H,15,16,17). The van der Waals surface area contributed by atoms with E-state index >= 15 is 0 Å². The number of nitrogens with one attached hydrogen (secondary N) is 2. The fourth-order valence-electron chi connectivity index (χ4n) is 1.70. The van der Waals surface area contributed by atoms with Crippen LogP contribution in [0.4, 0.5) is 0 Å². The second-order valence-corrected chi connectivity index (χ2v) is 3.89. The minimum atomic E-state index is -0.271. The Morgan fingerprint density at radius 1 is 1.32 bits per heavy atom. The van der Waals surface area contributed by atoms with E-state index in [1.165, 1.54) is 0 Å². The van der Waals surface area contributed by atoms with Crippen LogP contribution in [-0.4, -0.2) is 34.5 Å². The lowest BCUT2D eigenvalue weighted by Crippen LogP contribution is -2.24. The van der Waals surface area contributed by atoms with Gasteiger partial charge in [-0.15, -0.1) is 0 Å². The van der Waals surface area contributed by atoms with Gasteiger partial charge in [-0.3, -0.25) is 4.79 Å². The van der Waals surface area contributed by atoms with Crippen molar-refractivity contribution in [3.63, 3.8) is 0 Å². The highest BCUT2D eigenvalue weighted by atomic mass is 16.5. The molecule has 0 saturated carbocycles. The maximum absolute atomic E-state index is 11.2. The monoisotopic (exact) mass is 260 g/mol. The van der Waals surface area contributed by atoms with Crippen LogP contribution >= 0.6 is 0 Å². The van der Waals surface area contributed by atoms with Gasteiger partial charge in [0.1, 0.15) is 11.4 Å². The van der Waals surface area contributed by atoms with Crippen LogP contribution in [0.15, 0.2) is 30.3 Å². The molecule has 1 aromatic carbocycles. The van der Waals surface area contributed by atoms with E-state index in [4.69, 9.17) is 4.74 Å². The predicted molar refractivity (Wildman–Crippen MR) is 70.2 cm³/mol. The Hall–Kier alpha value is -2.21. The van der Waals surface area contributed by atoms with E-state index in [-0.39, 0.29) is 12.5 Å². The number of benzene rings is 1. The average Bonchev–Trinajstić information content (AvgIpc) is 2.88. The maximum atomic E-state index is 11.2. The molecule has 0 aliphatic rings. The molecule has 19 heavy (non-hydrogen) atoms. The summed E-state index contributed by atoms with van der Waals surface area (Å²) in [5.41, 5.74) is 2.55. The fourth-order valence-corrected chi connectivity index (χ4v) is 1.70. The third-order valence-corrected chi connectivity index (χ3v) is 2.53. The summed E-state index contributed by atoms with van der Waals surface area (Å²) < 4.78 is 4.83. The molecule has 1 aromatic heterocycles. The van der Waals surface area contributed by atoms with Crippen LogP contribution in [0.3, 0.4) is 0 Å². The Labute approximate surface area is 111 Å². The number of carbonyl (C=O) groups is 1. The number of rotatable bonds is 6. The molecule has 0 radical (unpaired) electrons. The molecule has 0 aliphatic carbocycles. The molecule has 0 unspecified atom stereocenters. The number of aromatic nitrogens is 3. The van der Waals surface area contributed by atoms with Gasteiger partial charge in [0, 0.05) is 12.1 Å². The summed E-state index contributed by atoms with van der Waals surface area (Å²) in [7, 11) is 0. The summed E-state index contributed by atoms with van der Waals surface area (Å²) in [4.78, 5) is 11.2. The Bertz CT molecular complexity index is 524. The first-order valence-corrected chi connectivity index (χ1v) is 6.12. The third-order valence-electron chi connectivity index (χ3n) is 2.53. The summed E-state index contributed by atoms with van der Waals surface area (Å²) in [5.74, 6) is -0.271. The minimum Gasteiger partial charge on any atom is -0.465 e. The van der Waals surface area contributed by atoms with Gasteiger partial charge in [-0.25, -0.2) is 0 Å². The van der Waals surface area contributed by atoms with Crippen LogP contribution in [0.1, 0.15) is 12.6 Å². The molecule has 0 fully saturated rings. The highest BCUT2D eigenvalue weighted by Gasteiger charge is 2.10. The highest BCUT2D eigenvalue weighted by Crippen LogP contribution is 2.18. The molecular weight excluding hydrogens is 244 g/mol. The molecule has 1 heterocycles. The van der Waals surface area contributed by atoms with Crippen molar-refractivity contribution in [3.8, 4) is 11.3 Å². The predicted octanol–water partition coefficient (Wildman–Crippen LogP) is 1.12. The lowest BCUT2D eigenvalue weighted by molar-refractivity contribution is -0.142. The van der Waals surface area contributed by atoms with E-state index in [2.05, 4.69) is 20.7 Å². The van der Waals surface area contributed by atoms with Crippen LogP contribution in [0.2, 0.25) is 0 Å². The van der Waals surface area contributed by atoms with Gasteiger partial charge in [-0.1, -0.05) is 30.3 Å². The number of aromatic amines is 1. The van der Waals surface area contributed by atoms with E-state index in [1.54, 1.807) is 6.92 Å². The number of hydrogen-bond donors (Lipinski definition) is 2. The topological polar surface area (TPSA) is 79.9 Å². The van der Waals surface area contributed by atoms with E-state index in [1.807, 2.05) is 30.3 Å². The molecule has 0 amide bonds. The molecule has 0 spiro atoms. The molecular formula is C13H16N4O2. The zero-order valence-corrected chi connectivity index (χ0v) is 10.7. The van der Waals surface area contributed by atoms with Crippen molar-refractivity contribution >= 4 is 5.97 Å². The third kappa shape index (κ3) is 3.62. The van der Waals surface area contributed by atoms with Crippen molar-refractivity contribution in [2.75, 3.05) is 13.2 Å². The number of H-pyrrole nitrogens is 1. The molecule has 0 bridgehead atoms. The van der Waals surface area contributed by atoms with Crippen molar-refractivity contribution in [2.45, 2.75) is 13.5 Å². The van der Waals surface area contributed by atoms with Gasteiger partial charge < -0.3 is 10.1 Å².